The van der Waals surface area contributed by atoms with Crippen LogP contribution in [0.15, 0.2) is 4.52 Å². The fourth-order valence-corrected chi connectivity index (χ4v) is 4.04. The molecule has 2 heterocycles. The molecule has 1 aromatic heterocycles. The fraction of sp³-hybridized carbons (Fsp3) is 0.889. The molecule has 4 unspecified atom stereocenters. The molecule has 25 heavy (non-hydrogen) atoms. The molecule has 144 valence electrons. The zero-order valence-corrected chi connectivity index (χ0v) is 16.7. The van der Waals surface area contributed by atoms with Gasteiger partial charge in [-0.25, -0.2) is 0 Å². The maximum Gasteiger partial charge on any atom is 0.252 e. The Hall–Kier alpha value is -0.690. The fourth-order valence-electron chi connectivity index (χ4n) is 4.04. The van der Waals surface area contributed by atoms with Crippen molar-refractivity contribution < 1.29 is 9.26 Å². The summed E-state index contributed by atoms with van der Waals surface area (Å²) >= 11 is 0. The van der Waals surface area contributed by atoms with E-state index in [9.17, 15) is 0 Å². The lowest BCUT2D eigenvalue weighted by Crippen LogP contribution is -2.44. The topological polar surface area (TPSA) is 63.4 Å². The number of hydrogen-bond donors (Lipinski definition) is 1. The standard InChI is InChI=1S/C18H32N4O2.ClH/c1-12(2)14-6-5-13(3)9-16(14)23-11-17-20-18(21-24-17)15-10-19-7-8-22(15)4;/h12-16,19H,5-11H2,1-4H3;1H. The highest BCUT2D eigenvalue weighted by Gasteiger charge is 2.32. The number of rotatable bonds is 5. The van der Waals surface area contributed by atoms with E-state index in [1.807, 2.05) is 0 Å². The lowest BCUT2D eigenvalue weighted by Gasteiger charge is -2.36. The van der Waals surface area contributed by atoms with Crippen molar-refractivity contribution in [1.82, 2.24) is 20.4 Å². The Bertz CT molecular complexity index is 525. The predicted octanol–water partition coefficient (Wildman–Crippen LogP) is 3.04. The summed E-state index contributed by atoms with van der Waals surface area (Å²) in [4.78, 5) is 6.84. The van der Waals surface area contributed by atoms with Crippen molar-refractivity contribution in [3.8, 4) is 0 Å². The highest BCUT2D eigenvalue weighted by atomic mass is 35.5. The first kappa shape index (κ1) is 20.6. The summed E-state index contributed by atoms with van der Waals surface area (Å²) < 4.78 is 11.7. The number of nitrogens with zero attached hydrogens (tertiary/aromatic N) is 3. The molecule has 7 heteroatoms. The van der Waals surface area contributed by atoms with Crippen LogP contribution in [-0.2, 0) is 11.3 Å². The molecule has 4 atom stereocenters. The molecule has 0 spiro atoms. The average molecular weight is 373 g/mol. The van der Waals surface area contributed by atoms with E-state index in [1.54, 1.807) is 0 Å². The third-order valence-corrected chi connectivity index (χ3v) is 5.68. The minimum absolute atomic E-state index is 0. The van der Waals surface area contributed by atoms with Crippen molar-refractivity contribution in [1.29, 1.82) is 0 Å². The third-order valence-electron chi connectivity index (χ3n) is 5.68. The van der Waals surface area contributed by atoms with Gasteiger partial charge in [-0.3, -0.25) is 4.90 Å². The van der Waals surface area contributed by atoms with Crippen molar-refractivity contribution in [2.45, 2.75) is 58.8 Å². The van der Waals surface area contributed by atoms with Gasteiger partial charge in [-0.1, -0.05) is 32.3 Å². The second kappa shape index (κ2) is 9.31. The SMILES string of the molecule is CC1CCC(C(C)C)C(OCc2nc(C3CNCCN3C)no2)C1.Cl. The molecule has 1 aliphatic carbocycles. The smallest absolute Gasteiger partial charge is 0.252 e. The van der Waals surface area contributed by atoms with Crippen LogP contribution in [0.2, 0.25) is 0 Å². The first-order valence-corrected chi connectivity index (χ1v) is 9.39. The van der Waals surface area contributed by atoms with Crippen LogP contribution in [0.25, 0.3) is 0 Å². The highest BCUT2D eigenvalue weighted by Crippen LogP contribution is 2.35. The van der Waals surface area contributed by atoms with Gasteiger partial charge in [0, 0.05) is 19.6 Å². The van der Waals surface area contributed by atoms with Gasteiger partial charge in [0.25, 0.3) is 5.89 Å². The van der Waals surface area contributed by atoms with Gasteiger partial charge in [-0.2, -0.15) is 4.98 Å². The third kappa shape index (κ3) is 5.16. The van der Waals surface area contributed by atoms with Crippen LogP contribution in [0, 0.1) is 17.8 Å². The summed E-state index contributed by atoms with van der Waals surface area (Å²) in [5, 5.41) is 7.56. The normalized spacial score (nSPS) is 31.1. The molecule has 1 saturated carbocycles. The summed E-state index contributed by atoms with van der Waals surface area (Å²) in [5.74, 6) is 3.40. The van der Waals surface area contributed by atoms with Crippen LogP contribution in [0.5, 0.6) is 0 Å². The van der Waals surface area contributed by atoms with Gasteiger partial charge in [-0.05, 0) is 37.6 Å². The summed E-state index contributed by atoms with van der Waals surface area (Å²) in [6, 6.07) is 0.189. The van der Waals surface area contributed by atoms with Crippen LogP contribution < -0.4 is 5.32 Å². The quantitative estimate of drug-likeness (QED) is 0.857. The monoisotopic (exact) mass is 372 g/mol. The number of aromatic nitrogens is 2. The van der Waals surface area contributed by atoms with Gasteiger partial charge < -0.3 is 14.6 Å². The number of ether oxygens (including phenoxy) is 1. The second-order valence-electron chi connectivity index (χ2n) is 7.92. The summed E-state index contributed by atoms with van der Waals surface area (Å²) in [7, 11) is 2.11. The molecule has 1 saturated heterocycles. The van der Waals surface area contributed by atoms with E-state index in [-0.39, 0.29) is 18.4 Å². The Morgan fingerprint density at radius 2 is 2.16 bits per heavy atom. The number of hydrogen-bond acceptors (Lipinski definition) is 6. The number of nitrogens with one attached hydrogen (secondary N) is 1. The number of piperazine rings is 1. The van der Waals surface area contributed by atoms with Crippen molar-refractivity contribution in [2.75, 3.05) is 26.7 Å². The minimum Gasteiger partial charge on any atom is -0.368 e. The van der Waals surface area contributed by atoms with E-state index in [4.69, 9.17) is 9.26 Å². The van der Waals surface area contributed by atoms with Crippen LogP contribution in [0.4, 0.5) is 0 Å². The maximum absolute atomic E-state index is 6.22. The Morgan fingerprint density at radius 3 is 2.88 bits per heavy atom. The Kier molecular flexibility index (Phi) is 7.68. The molecule has 1 aliphatic heterocycles. The van der Waals surface area contributed by atoms with E-state index >= 15 is 0 Å². The summed E-state index contributed by atoms with van der Waals surface area (Å²) in [6.07, 6.45) is 4.02. The molecule has 2 fully saturated rings. The average Bonchev–Trinajstić information content (AvgIpc) is 3.02. The first-order valence-electron chi connectivity index (χ1n) is 9.39. The number of likely N-dealkylation sites (N-methyl/N-ethyl adjacent to an activating group) is 1. The molecule has 6 nitrogen and oxygen atoms in total. The summed E-state index contributed by atoms with van der Waals surface area (Å²) in [5.41, 5.74) is 0. The van der Waals surface area contributed by atoms with Gasteiger partial charge in [0.15, 0.2) is 5.82 Å². The van der Waals surface area contributed by atoms with E-state index < -0.39 is 0 Å². The maximum atomic E-state index is 6.22. The van der Waals surface area contributed by atoms with Crippen LogP contribution in [-0.4, -0.2) is 47.8 Å². The molecular weight excluding hydrogens is 340 g/mol. The summed E-state index contributed by atoms with van der Waals surface area (Å²) in [6.45, 7) is 10.2. The molecular formula is C18H33ClN4O2. The van der Waals surface area contributed by atoms with Crippen LogP contribution in [0.3, 0.4) is 0 Å². The van der Waals surface area contributed by atoms with Crippen molar-refractivity contribution in [3.05, 3.63) is 11.7 Å². The Balaban J connectivity index is 0.00000225. The Morgan fingerprint density at radius 1 is 1.36 bits per heavy atom. The van der Waals surface area contributed by atoms with Crippen molar-refractivity contribution in [2.24, 2.45) is 17.8 Å². The zero-order valence-electron chi connectivity index (χ0n) is 15.9. The molecule has 0 radical (unpaired) electrons. The largest absolute Gasteiger partial charge is 0.368 e. The minimum atomic E-state index is 0. The lowest BCUT2D eigenvalue weighted by atomic mass is 9.75. The van der Waals surface area contributed by atoms with E-state index in [0.717, 1.165) is 37.8 Å². The van der Waals surface area contributed by atoms with Crippen molar-refractivity contribution >= 4 is 12.4 Å². The van der Waals surface area contributed by atoms with E-state index in [0.29, 0.717) is 30.4 Å². The molecule has 2 aliphatic rings. The first-order chi connectivity index (χ1) is 11.5. The van der Waals surface area contributed by atoms with Gasteiger partial charge in [-0.15, -0.1) is 12.4 Å². The highest BCUT2D eigenvalue weighted by molar-refractivity contribution is 5.85. The predicted molar refractivity (Wildman–Crippen MR) is 99.7 cm³/mol. The molecule has 1 aromatic rings. The van der Waals surface area contributed by atoms with Gasteiger partial charge in [0.05, 0.1) is 12.1 Å². The van der Waals surface area contributed by atoms with Crippen LogP contribution >= 0.6 is 12.4 Å². The molecule has 3 rings (SSSR count). The van der Waals surface area contributed by atoms with Crippen LogP contribution in [0.1, 0.15) is 57.8 Å². The zero-order chi connectivity index (χ0) is 17.1. The van der Waals surface area contributed by atoms with Gasteiger partial charge >= 0.3 is 0 Å². The molecule has 0 amide bonds. The lowest BCUT2D eigenvalue weighted by molar-refractivity contribution is -0.0547. The van der Waals surface area contributed by atoms with Crippen molar-refractivity contribution in [3.63, 3.8) is 0 Å². The molecule has 0 aromatic carbocycles. The molecule has 0 bridgehead atoms. The van der Waals surface area contributed by atoms with E-state index in [2.05, 4.69) is 48.2 Å². The Labute approximate surface area is 157 Å². The number of halogens is 1. The van der Waals surface area contributed by atoms with Gasteiger partial charge in [0.1, 0.15) is 6.61 Å². The second-order valence-corrected chi connectivity index (χ2v) is 7.92. The molecule has 1 N–H and O–H groups in total. The van der Waals surface area contributed by atoms with E-state index in [1.165, 1.54) is 12.8 Å². The van der Waals surface area contributed by atoms with Gasteiger partial charge in [0.2, 0.25) is 0 Å².